The molecule has 1 heterocycles. The van der Waals surface area contributed by atoms with Gasteiger partial charge in [0.25, 0.3) is 5.91 Å². The van der Waals surface area contributed by atoms with Crippen LogP contribution in [0.5, 0.6) is 5.75 Å². The van der Waals surface area contributed by atoms with Crippen LogP contribution in [0.1, 0.15) is 40.9 Å². The van der Waals surface area contributed by atoms with Crippen LogP contribution in [0.2, 0.25) is 0 Å². The lowest BCUT2D eigenvalue weighted by Crippen LogP contribution is -2.35. The van der Waals surface area contributed by atoms with Crippen molar-refractivity contribution in [2.24, 2.45) is 0 Å². The average molecular weight is 465 g/mol. The van der Waals surface area contributed by atoms with Gasteiger partial charge >= 0.3 is 0 Å². The first-order chi connectivity index (χ1) is 15.8. The first kappa shape index (κ1) is 23.0. The molecule has 172 valence electrons. The normalized spacial score (nSPS) is 15.4. The Balaban J connectivity index is 1.56. The minimum atomic E-state index is -3.65. The molecule has 1 atom stereocenters. The molecule has 33 heavy (non-hydrogen) atoms. The molecule has 1 amide bonds. The molecule has 4 rings (SSSR count). The quantitative estimate of drug-likeness (QED) is 0.565. The first-order valence-corrected chi connectivity index (χ1v) is 12.5. The van der Waals surface area contributed by atoms with E-state index in [1.807, 2.05) is 44.2 Å². The van der Waals surface area contributed by atoms with Gasteiger partial charge in [-0.05, 0) is 72.9 Å². The molecule has 3 aromatic rings. The van der Waals surface area contributed by atoms with E-state index in [1.165, 1.54) is 0 Å². The molecule has 3 aromatic carbocycles. The lowest BCUT2D eigenvalue weighted by molar-refractivity contribution is 0.0981. The number of ether oxygens (including phenoxy) is 1. The zero-order valence-electron chi connectivity index (χ0n) is 19.0. The van der Waals surface area contributed by atoms with E-state index in [0.29, 0.717) is 22.6 Å². The molecule has 7 heteroatoms. The monoisotopic (exact) mass is 464 g/mol. The summed E-state index contributed by atoms with van der Waals surface area (Å²) in [5.74, 6) is 0.610. The highest BCUT2D eigenvalue weighted by molar-refractivity contribution is 7.89. The van der Waals surface area contributed by atoms with Crippen LogP contribution >= 0.6 is 0 Å². The van der Waals surface area contributed by atoms with Crippen molar-refractivity contribution in [3.8, 4) is 5.75 Å². The molecule has 6 nitrogen and oxygen atoms in total. The average Bonchev–Trinajstić information content (AvgIpc) is 3.17. The maximum Gasteiger partial charge on any atom is 0.258 e. The summed E-state index contributed by atoms with van der Waals surface area (Å²) >= 11 is 0. The molecule has 1 aliphatic rings. The van der Waals surface area contributed by atoms with Gasteiger partial charge in [0.05, 0.1) is 12.0 Å². The second-order valence-electron chi connectivity index (χ2n) is 8.21. The first-order valence-electron chi connectivity index (χ1n) is 11.0. The van der Waals surface area contributed by atoms with E-state index in [2.05, 4.69) is 4.72 Å². The Hall–Kier alpha value is -3.16. The number of nitrogens with one attached hydrogen (secondary N) is 1. The molecule has 0 fully saturated rings. The van der Waals surface area contributed by atoms with Gasteiger partial charge in [0.1, 0.15) is 5.75 Å². The van der Waals surface area contributed by atoms with Crippen molar-refractivity contribution in [3.05, 3.63) is 89.0 Å². The lowest BCUT2D eigenvalue weighted by atomic mass is 10.1. The summed E-state index contributed by atoms with van der Waals surface area (Å²) in [6.07, 6.45) is 1.39. The summed E-state index contributed by atoms with van der Waals surface area (Å²) in [7, 11) is -2.06. The van der Waals surface area contributed by atoms with E-state index in [-0.39, 0.29) is 18.5 Å². The Morgan fingerprint density at radius 2 is 1.82 bits per heavy atom. The smallest absolute Gasteiger partial charge is 0.258 e. The molecule has 0 saturated heterocycles. The van der Waals surface area contributed by atoms with Gasteiger partial charge < -0.3 is 9.64 Å². The van der Waals surface area contributed by atoms with Crippen LogP contribution < -0.4 is 14.4 Å². The summed E-state index contributed by atoms with van der Waals surface area (Å²) in [6.45, 7) is 4.10. The van der Waals surface area contributed by atoms with Gasteiger partial charge in [-0.1, -0.05) is 37.3 Å². The van der Waals surface area contributed by atoms with Crippen molar-refractivity contribution in [1.29, 1.82) is 0 Å². The number of hydrogen-bond donors (Lipinski definition) is 1. The Morgan fingerprint density at radius 1 is 1.09 bits per heavy atom. The third-order valence-corrected chi connectivity index (χ3v) is 7.53. The summed E-state index contributed by atoms with van der Waals surface area (Å²) in [5, 5.41) is 0. The number of anilines is 1. The second-order valence-corrected chi connectivity index (χ2v) is 9.94. The third kappa shape index (κ3) is 4.65. The second kappa shape index (κ2) is 9.37. The Kier molecular flexibility index (Phi) is 6.54. The predicted octanol–water partition coefficient (Wildman–Crippen LogP) is 4.33. The zero-order chi connectivity index (χ0) is 23.6. The number of fused-ring (bicyclic) bond motifs is 1. The van der Waals surface area contributed by atoms with Gasteiger partial charge in [-0.25, -0.2) is 13.1 Å². The molecule has 1 N–H and O–H groups in total. The third-order valence-electron chi connectivity index (χ3n) is 6.03. The highest BCUT2D eigenvalue weighted by Crippen LogP contribution is 2.34. The predicted molar refractivity (Wildman–Crippen MR) is 129 cm³/mol. The summed E-state index contributed by atoms with van der Waals surface area (Å²) < 4.78 is 33.7. The van der Waals surface area contributed by atoms with Gasteiger partial charge in [0.2, 0.25) is 10.0 Å². The molecular formula is C26H28N2O4S. The molecule has 0 radical (unpaired) electrons. The van der Waals surface area contributed by atoms with Crippen molar-refractivity contribution in [3.63, 3.8) is 0 Å². The van der Waals surface area contributed by atoms with Crippen molar-refractivity contribution in [1.82, 2.24) is 4.72 Å². The van der Waals surface area contributed by atoms with Crippen LogP contribution in [-0.2, 0) is 29.4 Å². The van der Waals surface area contributed by atoms with Crippen molar-refractivity contribution in [2.45, 2.75) is 44.2 Å². The number of nitrogens with zero attached hydrogens (tertiary/aromatic N) is 1. The summed E-state index contributed by atoms with van der Waals surface area (Å²) in [5.41, 5.74) is 4.07. The number of methoxy groups -OCH3 is 1. The van der Waals surface area contributed by atoms with Crippen LogP contribution in [0.15, 0.2) is 71.6 Å². The van der Waals surface area contributed by atoms with Crippen molar-refractivity contribution < 1.29 is 17.9 Å². The number of sulfonamides is 1. The standard InChI is InChI=1S/C26H28N2O4S/c1-4-20-7-5-6-8-25(20)33(30,31)27-17-19-9-10-22-15-18(2)28(24(22)16-19)26(29)21-11-13-23(32-3)14-12-21/h5-14,16,18,27H,4,15,17H2,1-3H3/t18-/m1/s1. The van der Waals surface area contributed by atoms with Gasteiger partial charge in [-0.15, -0.1) is 0 Å². The van der Waals surface area contributed by atoms with E-state index in [9.17, 15) is 13.2 Å². The minimum Gasteiger partial charge on any atom is -0.497 e. The summed E-state index contributed by atoms with van der Waals surface area (Å²) in [6, 6.07) is 19.9. The number of carbonyl (C=O) groups excluding carboxylic acids is 1. The SMILES string of the molecule is CCc1ccccc1S(=O)(=O)NCc1ccc2c(c1)N(C(=O)c1ccc(OC)cc1)[C@H](C)C2. The van der Waals surface area contributed by atoms with Gasteiger partial charge in [0.15, 0.2) is 0 Å². The molecule has 1 aliphatic heterocycles. The fourth-order valence-corrected chi connectivity index (χ4v) is 5.59. The Labute approximate surface area is 195 Å². The maximum absolute atomic E-state index is 13.3. The maximum atomic E-state index is 13.3. The topological polar surface area (TPSA) is 75.7 Å². The fourth-order valence-electron chi connectivity index (χ4n) is 4.26. The molecule has 0 saturated carbocycles. The largest absolute Gasteiger partial charge is 0.497 e. The van der Waals surface area contributed by atoms with Crippen molar-refractivity contribution in [2.75, 3.05) is 12.0 Å². The lowest BCUT2D eigenvalue weighted by Gasteiger charge is -2.23. The van der Waals surface area contributed by atoms with Crippen LogP contribution in [0.3, 0.4) is 0 Å². The molecule has 0 bridgehead atoms. The molecular weight excluding hydrogens is 436 g/mol. The zero-order valence-corrected chi connectivity index (χ0v) is 19.9. The molecule has 0 aromatic heterocycles. The highest BCUT2D eigenvalue weighted by atomic mass is 32.2. The Bertz CT molecular complexity index is 1270. The highest BCUT2D eigenvalue weighted by Gasteiger charge is 2.32. The molecule has 0 unspecified atom stereocenters. The molecule has 0 spiro atoms. The van der Waals surface area contributed by atoms with Gasteiger partial charge in [0, 0.05) is 23.8 Å². The van der Waals surface area contributed by atoms with E-state index in [1.54, 1.807) is 48.4 Å². The van der Waals surface area contributed by atoms with Gasteiger partial charge in [-0.3, -0.25) is 4.79 Å². The van der Waals surface area contributed by atoms with Crippen molar-refractivity contribution >= 4 is 21.6 Å². The van der Waals surface area contributed by atoms with Crippen LogP contribution in [0.4, 0.5) is 5.69 Å². The van der Waals surface area contributed by atoms with E-state index < -0.39 is 10.0 Å². The van der Waals surface area contributed by atoms with Crippen LogP contribution in [0.25, 0.3) is 0 Å². The number of hydrogen-bond acceptors (Lipinski definition) is 4. The fraction of sp³-hybridized carbons (Fsp3) is 0.269. The number of amides is 1. The molecule has 0 aliphatic carbocycles. The van der Waals surface area contributed by atoms with Gasteiger partial charge in [-0.2, -0.15) is 0 Å². The number of rotatable bonds is 7. The summed E-state index contributed by atoms with van der Waals surface area (Å²) in [4.78, 5) is 15.4. The minimum absolute atomic E-state index is 0.0120. The van der Waals surface area contributed by atoms with E-state index in [0.717, 1.165) is 28.8 Å². The number of aryl methyl sites for hydroxylation is 1. The van der Waals surface area contributed by atoms with Crippen LogP contribution in [-0.4, -0.2) is 27.5 Å². The van der Waals surface area contributed by atoms with E-state index >= 15 is 0 Å². The van der Waals surface area contributed by atoms with Crippen LogP contribution in [0, 0.1) is 0 Å². The Morgan fingerprint density at radius 3 is 2.52 bits per heavy atom. The number of benzene rings is 3. The number of carbonyl (C=O) groups is 1. The van der Waals surface area contributed by atoms with E-state index in [4.69, 9.17) is 4.74 Å².